The normalized spacial score (nSPS) is 10.1. The highest BCUT2D eigenvalue weighted by Gasteiger charge is 2.16. The quantitative estimate of drug-likeness (QED) is 0.826. The monoisotopic (exact) mass is 360 g/mol. The Morgan fingerprint density at radius 1 is 1.09 bits per heavy atom. The summed E-state index contributed by atoms with van der Waals surface area (Å²) in [5.41, 5.74) is 2.00. The van der Waals surface area contributed by atoms with Crippen molar-refractivity contribution in [1.29, 1.82) is 0 Å². The van der Waals surface area contributed by atoms with Crippen LogP contribution in [0.4, 0.5) is 11.4 Å². The highest BCUT2D eigenvalue weighted by molar-refractivity contribution is 9.09. The number of alkyl halides is 1. The standard InChI is InChI=1S/C17H17BrN2O2/c1-2-20(15-9-4-3-5-10-15)17(22)13-7-6-8-14(11-13)19-16(21)12-18/h3-11H,2,12H2,1H3,(H,19,21). The molecule has 2 rings (SSSR count). The van der Waals surface area contributed by atoms with E-state index in [2.05, 4.69) is 21.2 Å². The van der Waals surface area contributed by atoms with Gasteiger partial charge in [0.05, 0.1) is 5.33 Å². The second-order valence-electron chi connectivity index (χ2n) is 4.65. The average Bonchev–Trinajstić information content (AvgIpc) is 2.56. The molecule has 0 atom stereocenters. The van der Waals surface area contributed by atoms with Gasteiger partial charge in [0.25, 0.3) is 5.91 Å². The average molecular weight is 361 g/mol. The van der Waals surface area contributed by atoms with Crippen molar-refractivity contribution in [2.24, 2.45) is 0 Å². The Morgan fingerprint density at radius 2 is 1.82 bits per heavy atom. The fraction of sp³-hybridized carbons (Fsp3) is 0.176. The van der Waals surface area contributed by atoms with Gasteiger partial charge >= 0.3 is 0 Å². The van der Waals surface area contributed by atoms with E-state index < -0.39 is 0 Å². The van der Waals surface area contributed by atoms with Crippen LogP contribution in [-0.4, -0.2) is 23.7 Å². The molecule has 114 valence electrons. The molecular formula is C17H17BrN2O2. The lowest BCUT2D eigenvalue weighted by Crippen LogP contribution is -2.30. The summed E-state index contributed by atoms with van der Waals surface area (Å²) in [7, 11) is 0. The van der Waals surface area contributed by atoms with Crippen molar-refractivity contribution in [2.45, 2.75) is 6.92 Å². The third-order valence-corrected chi connectivity index (χ3v) is 3.65. The molecular weight excluding hydrogens is 344 g/mol. The summed E-state index contributed by atoms with van der Waals surface area (Å²) in [6.07, 6.45) is 0. The first-order valence-corrected chi connectivity index (χ1v) is 8.10. The molecule has 0 fully saturated rings. The molecule has 2 aromatic carbocycles. The van der Waals surface area contributed by atoms with E-state index in [1.165, 1.54) is 0 Å². The zero-order chi connectivity index (χ0) is 15.9. The van der Waals surface area contributed by atoms with E-state index in [9.17, 15) is 9.59 Å². The smallest absolute Gasteiger partial charge is 0.258 e. The summed E-state index contributed by atoms with van der Waals surface area (Å²) in [5, 5.41) is 2.95. The Kier molecular flexibility index (Phi) is 5.72. The van der Waals surface area contributed by atoms with Gasteiger partial charge in [0.1, 0.15) is 0 Å². The second-order valence-corrected chi connectivity index (χ2v) is 5.21. The van der Waals surface area contributed by atoms with Gasteiger partial charge in [0.15, 0.2) is 0 Å². The van der Waals surface area contributed by atoms with Crippen LogP contribution in [0.3, 0.4) is 0 Å². The summed E-state index contributed by atoms with van der Waals surface area (Å²) < 4.78 is 0. The summed E-state index contributed by atoms with van der Waals surface area (Å²) >= 11 is 3.10. The van der Waals surface area contributed by atoms with E-state index in [1.54, 1.807) is 29.2 Å². The summed E-state index contributed by atoms with van der Waals surface area (Å²) in [6, 6.07) is 16.5. The molecule has 0 bridgehead atoms. The molecule has 0 saturated carbocycles. The van der Waals surface area contributed by atoms with Crippen LogP contribution in [0.15, 0.2) is 54.6 Å². The number of rotatable bonds is 5. The van der Waals surface area contributed by atoms with Crippen molar-refractivity contribution in [2.75, 3.05) is 22.1 Å². The molecule has 0 aliphatic rings. The number of benzene rings is 2. The maximum Gasteiger partial charge on any atom is 0.258 e. The second kappa shape index (κ2) is 7.75. The predicted octanol–water partition coefficient (Wildman–Crippen LogP) is 3.69. The lowest BCUT2D eigenvalue weighted by molar-refractivity contribution is -0.113. The van der Waals surface area contributed by atoms with E-state index in [1.807, 2.05) is 37.3 Å². The molecule has 4 nitrogen and oxygen atoms in total. The van der Waals surface area contributed by atoms with E-state index >= 15 is 0 Å². The SMILES string of the molecule is CCN(C(=O)c1cccc(NC(=O)CBr)c1)c1ccccc1. The number of hydrogen-bond acceptors (Lipinski definition) is 2. The molecule has 0 unspecified atom stereocenters. The van der Waals surface area contributed by atoms with Crippen LogP contribution in [0, 0.1) is 0 Å². The molecule has 1 N–H and O–H groups in total. The van der Waals surface area contributed by atoms with Gasteiger partial charge < -0.3 is 10.2 Å². The Labute approximate surface area is 138 Å². The van der Waals surface area contributed by atoms with Gasteiger partial charge in [-0.2, -0.15) is 0 Å². The number of nitrogens with zero attached hydrogens (tertiary/aromatic N) is 1. The zero-order valence-electron chi connectivity index (χ0n) is 12.3. The van der Waals surface area contributed by atoms with Crippen LogP contribution in [0.1, 0.15) is 17.3 Å². The fourth-order valence-electron chi connectivity index (χ4n) is 2.13. The van der Waals surface area contributed by atoms with Crippen LogP contribution in [0.2, 0.25) is 0 Å². The number of amides is 2. The lowest BCUT2D eigenvalue weighted by Gasteiger charge is -2.21. The van der Waals surface area contributed by atoms with Crippen molar-refractivity contribution in [3.05, 3.63) is 60.2 Å². The Bertz CT molecular complexity index is 659. The summed E-state index contributed by atoms with van der Waals surface area (Å²) in [4.78, 5) is 25.8. The van der Waals surface area contributed by atoms with Crippen molar-refractivity contribution in [3.63, 3.8) is 0 Å². The molecule has 0 radical (unpaired) electrons. The number of carbonyl (C=O) groups is 2. The summed E-state index contributed by atoms with van der Waals surface area (Å²) in [5.74, 6) is -0.247. The van der Waals surface area contributed by atoms with E-state index in [4.69, 9.17) is 0 Å². The third-order valence-electron chi connectivity index (χ3n) is 3.14. The van der Waals surface area contributed by atoms with Crippen LogP contribution < -0.4 is 10.2 Å². The molecule has 0 aromatic heterocycles. The van der Waals surface area contributed by atoms with Crippen molar-refractivity contribution < 1.29 is 9.59 Å². The number of anilines is 2. The Morgan fingerprint density at radius 3 is 2.45 bits per heavy atom. The van der Waals surface area contributed by atoms with Crippen molar-refractivity contribution in [3.8, 4) is 0 Å². The maximum atomic E-state index is 12.7. The van der Waals surface area contributed by atoms with Crippen LogP contribution in [0.5, 0.6) is 0 Å². The van der Waals surface area contributed by atoms with E-state index in [0.29, 0.717) is 17.8 Å². The van der Waals surface area contributed by atoms with Gasteiger partial charge in [0, 0.05) is 23.5 Å². The first-order chi connectivity index (χ1) is 10.7. The molecule has 0 aliphatic heterocycles. The lowest BCUT2D eigenvalue weighted by atomic mass is 10.1. The molecule has 0 spiro atoms. The first kappa shape index (κ1) is 16.2. The van der Waals surface area contributed by atoms with Gasteiger partial charge in [-0.25, -0.2) is 0 Å². The number of para-hydroxylation sites is 1. The minimum Gasteiger partial charge on any atom is -0.325 e. The summed E-state index contributed by atoms with van der Waals surface area (Å²) in [6.45, 7) is 2.50. The number of nitrogens with one attached hydrogen (secondary N) is 1. The van der Waals surface area contributed by atoms with Gasteiger partial charge in [-0.3, -0.25) is 9.59 Å². The largest absolute Gasteiger partial charge is 0.325 e. The van der Waals surface area contributed by atoms with Crippen LogP contribution in [0.25, 0.3) is 0 Å². The maximum absolute atomic E-state index is 12.7. The van der Waals surface area contributed by atoms with E-state index in [-0.39, 0.29) is 17.1 Å². The molecule has 0 heterocycles. The number of hydrogen-bond donors (Lipinski definition) is 1. The fourth-order valence-corrected chi connectivity index (χ4v) is 2.27. The highest BCUT2D eigenvalue weighted by atomic mass is 79.9. The van der Waals surface area contributed by atoms with Crippen molar-refractivity contribution >= 4 is 39.1 Å². The van der Waals surface area contributed by atoms with Gasteiger partial charge in [-0.1, -0.05) is 40.2 Å². The number of halogens is 1. The minimum atomic E-state index is -0.153. The van der Waals surface area contributed by atoms with Gasteiger partial charge in [-0.05, 0) is 37.3 Å². The Balaban J connectivity index is 2.24. The van der Waals surface area contributed by atoms with Gasteiger partial charge in [0.2, 0.25) is 5.91 Å². The van der Waals surface area contributed by atoms with Gasteiger partial charge in [-0.15, -0.1) is 0 Å². The highest BCUT2D eigenvalue weighted by Crippen LogP contribution is 2.18. The zero-order valence-corrected chi connectivity index (χ0v) is 13.8. The molecule has 2 amide bonds. The predicted molar refractivity (Wildman–Crippen MR) is 92.7 cm³/mol. The van der Waals surface area contributed by atoms with E-state index in [0.717, 1.165) is 5.69 Å². The molecule has 0 saturated heterocycles. The molecule has 2 aromatic rings. The van der Waals surface area contributed by atoms with Crippen molar-refractivity contribution in [1.82, 2.24) is 0 Å². The minimum absolute atomic E-state index is 0.0939. The third kappa shape index (κ3) is 3.95. The Hall–Kier alpha value is -2.14. The molecule has 0 aliphatic carbocycles. The van der Waals surface area contributed by atoms with Crippen LogP contribution >= 0.6 is 15.9 Å². The first-order valence-electron chi connectivity index (χ1n) is 6.98. The number of carbonyl (C=O) groups excluding carboxylic acids is 2. The molecule has 22 heavy (non-hydrogen) atoms. The topological polar surface area (TPSA) is 49.4 Å². The molecule has 5 heteroatoms. The van der Waals surface area contributed by atoms with Crippen LogP contribution in [-0.2, 0) is 4.79 Å².